The van der Waals surface area contributed by atoms with Gasteiger partial charge >= 0.3 is 0 Å². The van der Waals surface area contributed by atoms with Crippen LogP contribution in [0.1, 0.15) is 37.5 Å². The molecule has 2 N–H and O–H groups in total. The molecule has 7 rings (SSSR count). The molecule has 5 heteroatoms. The number of aromatic hydroxyl groups is 1. The lowest BCUT2D eigenvalue weighted by Gasteiger charge is -2.29. The molecule has 0 bridgehead atoms. The molecule has 0 spiro atoms. The van der Waals surface area contributed by atoms with Crippen LogP contribution in [0, 0.1) is 12.3 Å². The molecule has 0 amide bonds. The number of benzene rings is 5. The summed E-state index contributed by atoms with van der Waals surface area (Å²) in [5.74, 6) is 0.560. The van der Waals surface area contributed by atoms with Crippen LogP contribution in [0.15, 0.2) is 146 Å². The zero-order valence-electron chi connectivity index (χ0n) is 28.1. The third kappa shape index (κ3) is 6.19. The fraction of sp³-hybridized carbons (Fsp3) is 0.114. The summed E-state index contributed by atoms with van der Waals surface area (Å²) in [6, 6.07) is 42.5. The fourth-order valence-electron chi connectivity index (χ4n) is 6.43. The second-order valence-electron chi connectivity index (χ2n) is 13.4. The van der Waals surface area contributed by atoms with Gasteiger partial charge in [-0.25, -0.2) is 0 Å². The van der Waals surface area contributed by atoms with E-state index in [1.54, 1.807) is 12.3 Å². The van der Waals surface area contributed by atoms with Gasteiger partial charge in [0.2, 0.25) is 0 Å². The molecular formula is C44H38N4O. The van der Waals surface area contributed by atoms with Crippen LogP contribution in [0.4, 0.5) is 11.4 Å². The standard InChI is InChI=1S/C44H38N4O/c1-29-37(38-15-5-6-18-41(38)49)16-8-17-40(29)48(36-21-19-35(20-22-36)44(2,3)4)43(45)32-12-7-11-30(25-32)39-27-34(33-14-9-23-46-28-33)26-31-13-10-24-47-42(31)39/h5-28,45,49H,1-4H3. The molecule has 2 heterocycles. The predicted octanol–water partition coefficient (Wildman–Crippen LogP) is 11.1. The highest BCUT2D eigenvalue weighted by Crippen LogP contribution is 2.40. The van der Waals surface area contributed by atoms with Crippen molar-refractivity contribution in [3.05, 3.63) is 163 Å². The molecular weight excluding hydrogens is 601 g/mol. The van der Waals surface area contributed by atoms with Gasteiger partial charge in [-0.3, -0.25) is 20.3 Å². The predicted molar refractivity (Wildman–Crippen MR) is 203 cm³/mol. The first-order valence-corrected chi connectivity index (χ1v) is 16.5. The number of para-hydroxylation sites is 1. The molecule has 2 aromatic heterocycles. The molecule has 0 aliphatic rings. The van der Waals surface area contributed by atoms with Crippen LogP contribution in [-0.4, -0.2) is 20.9 Å². The Morgan fingerprint density at radius 2 is 1.41 bits per heavy atom. The van der Waals surface area contributed by atoms with Gasteiger partial charge < -0.3 is 5.11 Å². The van der Waals surface area contributed by atoms with Crippen molar-refractivity contribution >= 4 is 28.1 Å². The Labute approximate surface area is 287 Å². The Hall–Kier alpha value is -6.07. The van der Waals surface area contributed by atoms with Gasteiger partial charge in [-0.1, -0.05) is 93.6 Å². The number of rotatable bonds is 6. The Balaban J connectivity index is 1.38. The zero-order chi connectivity index (χ0) is 34.1. The van der Waals surface area contributed by atoms with E-state index in [9.17, 15) is 10.5 Å². The van der Waals surface area contributed by atoms with E-state index in [0.717, 1.165) is 66.8 Å². The Bertz CT molecular complexity index is 2300. The van der Waals surface area contributed by atoms with E-state index in [0.29, 0.717) is 5.84 Å². The minimum atomic E-state index is -0.00692. The van der Waals surface area contributed by atoms with E-state index >= 15 is 0 Å². The van der Waals surface area contributed by atoms with E-state index in [2.05, 4.69) is 93.3 Å². The molecule has 49 heavy (non-hydrogen) atoms. The third-order valence-electron chi connectivity index (χ3n) is 9.10. The normalized spacial score (nSPS) is 11.4. The molecule has 0 saturated heterocycles. The van der Waals surface area contributed by atoms with Crippen LogP contribution in [0.25, 0.3) is 44.3 Å². The molecule has 7 aromatic rings. The Morgan fingerprint density at radius 1 is 0.673 bits per heavy atom. The molecule has 0 fully saturated rings. The summed E-state index contributed by atoms with van der Waals surface area (Å²) < 4.78 is 0. The van der Waals surface area contributed by atoms with Crippen LogP contribution in [0.3, 0.4) is 0 Å². The lowest BCUT2D eigenvalue weighted by atomic mass is 9.87. The lowest BCUT2D eigenvalue weighted by molar-refractivity contribution is 0.477. The Morgan fingerprint density at radius 3 is 2.16 bits per heavy atom. The van der Waals surface area contributed by atoms with Gasteiger partial charge in [0.15, 0.2) is 0 Å². The van der Waals surface area contributed by atoms with E-state index in [-0.39, 0.29) is 11.2 Å². The Kier molecular flexibility index (Phi) is 8.27. The maximum atomic E-state index is 10.8. The molecule has 0 saturated carbocycles. The van der Waals surface area contributed by atoms with Crippen molar-refractivity contribution in [2.75, 3.05) is 4.90 Å². The van der Waals surface area contributed by atoms with Crippen molar-refractivity contribution in [2.24, 2.45) is 0 Å². The second-order valence-corrected chi connectivity index (χ2v) is 13.4. The van der Waals surface area contributed by atoms with Crippen LogP contribution in [0.2, 0.25) is 0 Å². The van der Waals surface area contributed by atoms with E-state index in [1.807, 2.05) is 78.0 Å². The van der Waals surface area contributed by atoms with E-state index in [4.69, 9.17) is 4.98 Å². The first kappa shape index (κ1) is 31.5. The van der Waals surface area contributed by atoms with Crippen molar-refractivity contribution in [3.63, 3.8) is 0 Å². The van der Waals surface area contributed by atoms with Crippen molar-refractivity contribution in [1.29, 1.82) is 5.41 Å². The number of phenols is 1. The van der Waals surface area contributed by atoms with Crippen molar-refractivity contribution in [2.45, 2.75) is 33.1 Å². The summed E-state index contributed by atoms with van der Waals surface area (Å²) in [6.07, 6.45) is 5.48. The van der Waals surface area contributed by atoms with E-state index < -0.39 is 0 Å². The number of phenolic OH excluding ortho intramolecular Hbond substituents is 1. The highest BCUT2D eigenvalue weighted by Gasteiger charge is 2.23. The summed E-state index contributed by atoms with van der Waals surface area (Å²) in [5.41, 5.74) is 11.3. The van der Waals surface area contributed by atoms with Gasteiger partial charge in [-0.05, 0) is 94.8 Å². The largest absolute Gasteiger partial charge is 0.507 e. The zero-order valence-corrected chi connectivity index (χ0v) is 28.1. The maximum Gasteiger partial charge on any atom is 0.137 e. The number of fused-ring (bicyclic) bond motifs is 1. The van der Waals surface area contributed by atoms with Crippen molar-refractivity contribution in [1.82, 2.24) is 9.97 Å². The molecule has 5 nitrogen and oxygen atoms in total. The van der Waals surface area contributed by atoms with Crippen LogP contribution >= 0.6 is 0 Å². The number of aromatic nitrogens is 2. The summed E-state index contributed by atoms with van der Waals surface area (Å²) in [5, 5.41) is 21.6. The lowest BCUT2D eigenvalue weighted by Crippen LogP contribution is -2.27. The number of hydrogen-bond donors (Lipinski definition) is 2. The number of anilines is 2. The van der Waals surface area contributed by atoms with Gasteiger partial charge in [-0.15, -0.1) is 0 Å². The summed E-state index contributed by atoms with van der Waals surface area (Å²) in [4.78, 5) is 11.1. The highest BCUT2D eigenvalue weighted by molar-refractivity contribution is 6.14. The average molecular weight is 639 g/mol. The van der Waals surface area contributed by atoms with Crippen LogP contribution < -0.4 is 4.90 Å². The third-order valence-corrected chi connectivity index (χ3v) is 9.10. The molecule has 5 aromatic carbocycles. The van der Waals surface area contributed by atoms with Gasteiger partial charge in [0, 0.05) is 51.9 Å². The van der Waals surface area contributed by atoms with Crippen molar-refractivity contribution in [3.8, 4) is 39.1 Å². The molecule has 0 atom stereocenters. The quantitative estimate of drug-likeness (QED) is 0.140. The number of amidine groups is 1. The summed E-state index contributed by atoms with van der Waals surface area (Å²) in [7, 11) is 0. The first-order chi connectivity index (χ1) is 23.7. The topological polar surface area (TPSA) is 73.1 Å². The number of pyridine rings is 2. The van der Waals surface area contributed by atoms with E-state index in [1.165, 1.54) is 5.56 Å². The van der Waals surface area contributed by atoms with Gasteiger partial charge in [0.25, 0.3) is 0 Å². The molecule has 0 aliphatic heterocycles. The molecule has 0 aliphatic carbocycles. The van der Waals surface area contributed by atoms with Gasteiger partial charge in [0.05, 0.1) is 11.2 Å². The highest BCUT2D eigenvalue weighted by atomic mass is 16.3. The summed E-state index contributed by atoms with van der Waals surface area (Å²) >= 11 is 0. The fourth-order valence-corrected chi connectivity index (χ4v) is 6.43. The molecule has 0 unspecified atom stereocenters. The number of nitrogens with one attached hydrogen (secondary N) is 1. The monoisotopic (exact) mass is 638 g/mol. The van der Waals surface area contributed by atoms with Crippen LogP contribution in [-0.2, 0) is 5.41 Å². The average Bonchev–Trinajstić information content (AvgIpc) is 3.12. The first-order valence-electron chi connectivity index (χ1n) is 16.5. The molecule has 240 valence electrons. The van der Waals surface area contributed by atoms with Crippen molar-refractivity contribution < 1.29 is 5.11 Å². The number of nitrogens with zero attached hydrogens (tertiary/aromatic N) is 3. The van der Waals surface area contributed by atoms with Gasteiger partial charge in [-0.2, -0.15) is 0 Å². The van der Waals surface area contributed by atoms with Crippen LogP contribution in [0.5, 0.6) is 5.75 Å². The summed E-state index contributed by atoms with van der Waals surface area (Å²) in [6.45, 7) is 8.67. The second kappa shape index (κ2) is 12.9. The minimum absolute atomic E-state index is 0.00692. The number of hydrogen-bond acceptors (Lipinski definition) is 4. The maximum absolute atomic E-state index is 10.8. The van der Waals surface area contributed by atoms with Gasteiger partial charge in [0.1, 0.15) is 11.6 Å². The SMILES string of the molecule is Cc1c(-c2ccccc2O)cccc1N(C(=N)c1cccc(-c2cc(-c3cccnc3)cc3cccnc23)c1)c1ccc(C(C)(C)C)cc1. The molecule has 0 radical (unpaired) electrons. The minimum Gasteiger partial charge on any atom is -0.507 e. The smallest absolute Gasteiger partial charge is 0.137 e.